The third kappa shape index (κ3) is 3.35. The molecule has 0 spiro atoms. The second-order valence-electron chi connectivity index (χ2n) is 4.85. The molecule has 0 aliphatic heterocycles. The van der Waals surface area contributed by atoms with Crippen LogP contribution < -0.4 is 5.32 Å². The summed E-state index contributed by atoms with van der Waals surface area (Å²) in [6, 6.07) is 2.27. The van der Waals surface area contributed by atoms with E-state index >= 15 is 0 Å². The molecule has 6 heteroatoms. The minimum Gasteiger partial charge on any atom is -0.394 e. The Bertz CT molecular complexity index is 529. The molecule has 0 unspecified atom stereocenters. The summed E-state index contributed by atoms with van der Waals surface area (Å²) in [6.45, 7) is 7.56. The molecule has 0 amide bonds. The number of hydrogen-bond donors (Lipinski definition) is 2. The van der Waals surface area contributed by atoms with Crippen LogP contribution in [0.15, 0.2) is 18.5 Å². The van der Waals surface area contributed by atoms with Crippen LogP contribution in [0.1, 0.15) is 31.1 Å². The van der Waals surface area contributed by atoms with Gasteiger partial charge >= 0.3 is 0 Å². The van der Waals surface area contributed by atoms with E-state index in [-0.39, 0.29) is 6.61 Å². The molecule has 0 bridgehead atoms. The van der Waals surface area contributed by atoms with Crippen LogP contribution in [0.2, 0.25) is 0 Å². The number of aryl methyl sites for hydroxylation is 1. The zero-order valence-electron chi connectivity index (χ0n) is 11.7. The summed E-state index contributed by atoms with van der Waals surface area (Å²) in [7, 11) is 0. The van der Waals surface area contributed by atoms with Crippen LogP contribution >= 0.6 is 0 Å². The lowest BCUT2D eigenvalue weighted by atomic mass is 10.2. The first-order chi connectivity index (χ1) is 9.10. The Morgan fingerprint density at radius 2 is 2.16 bits per heavy atom. The molecule has 0 atom stereocenters. The number of anilines is 1. The lowest BCUT2D eigenvalue weighted by Gasteiger charge is -2.03. The molecule has 0 aliphatic rings. The topological polar surface area (TPSA) is 67.9 Å². The normalized spacial score (nSPS) is 11.2. The Morgan fingerprint density at radius 3 is 2.79 bits per heavy atom. The van der Waals surface area contributed by atoms with Gasteiger partial charge in [0, 0.05) is 36.6 Å². The average molecular weight is 263 g/mol. The fourth-order valence-electron chi connectivity index (χ4n) is 1.83. The van der Waals surface area contributed by atoms with Crippen LogP contribution in [0.4, 0.5) is 5.82 Å². The number of aliphatic hydroxyl groups excluding tert-OH is 1. The van der Waals surface area contributed by atoms with Gasteiger partial charge in [-0.3, -0.25) is 9.36 Å². The predicted molar refractivity (Wildman–Crippen MR) is 74.0 cm³/mol. The van der Waals surface area contributed by atoms with Gasteiger partial charge in [0.1, 0.15) is 5.82 Å². The molecule has 0 saturated carbocycles. The molecule has 0 fully saturated rings. The Labute approximate surface area is 113 Å². The summed E-state index contributed by atoms with van der Waals surface area (Å²) in [6.07, 6.45) is 3.92. The third-order valence-electron chi connectivity index (χ3n) is 2.98. The van der Waals surface area contributed by atoms with Crippen LogP contribution in [-0.2, 0) is 13.1 Å². The van der Waals surface area contributed by atoms with Crippen molar-refractivity contribution in [1.29, 1.82) is 0 Å². The summed E-state index contributed by atoms with van der Waals surface area (Å²) in [4.78, 5) is 0. The van der Waals surface area contributed by atoms with E-state index in [1.807, 2.05) is 23.9 Å². The fourth-order valence-corrected chi connectivity index (χ4v) is 1.83. The molecule has 2 aromatic heterocycles. The lowest BCUT2D eigenvalue weighted by Crippen LogP contribution is -2.05. The maximum Gasteiger partial charge on any atom is 0.148 e. The van der Waals surface area contributed by atoms with E-state index < -0.39 is 0 Å². The SMILES string of the molecule is Cc1nn(C(C)C)cc1CNc1ccn(CCO)n1. The van der Waals surface area contributed by atoms with Crippen molar-refractivity contribution in [2.75, 3.05) is 11.9 Å². The van der Waals surface area contributed by atoms with Crippen LogP contribution in [0, 0.1) is 6.92 Å². The molecule has 0 saturated heterocycles. The van der Waals surface area contributed by atoms with Crippen LogP contribution in [0.3, 0.4) is 0 Å². The highest BCUT2D eigenvalue weighted by molar-refractivity contribution is 5.34. The van der Waals surface area contributed by atoms with Crippen molar-refractivity contribution in [3.05, 3.63) is 29.7 Å². The van der Waals surface area contributed by atoms with Gasteiger partial charge in [-0.1, -0.05) is 0 Å². The number of hydrogen-bond acceptors (Lipinski definition) is 4. The molecule has 6 nitrogen and oxygen atoms in total. The fraction of sp³-hybridized carbons (Fsp3) is 0.538. The average Bonchev–Trinajstić information content (AvgIpc) is 2.94. The first kappa shape index (κ1) is 13.6. The lowest BCUT2D eigenvalue weighted by molar-refractivity contribution is 0.269. The first-order valence-electron chi connectivity index (χ1n) is 6.53. The number of nitrogens with one attached hydrogen (secondary N) is 1. The summed E-state index contributed by atoms with van der Waals surface area (Å²) in [5.41, 5.74) is 2.21. The highest BCUT2D eigenvalue weighted by Crippen LogP contribution is 2.12. The summed E-state index contributed by atoms with van der Waals surface area (Å²) in [5.74, 6) is 0.810. The standard InChI is InChI=1S/C13H21N5O/c1-10(2)18-9-12(11(3)15-18)8-14-13-4-5-17(16-13)6-7-19/h4-5,9-10,19H,6-8H2,1-3H3,(H,14,16). The maximum absolute atomic E-state index is 8.84. The van der Waals surface area contributed by atoms with E-state index in [1.165, 1.54) is 5.56 Å². The van der Waals surface area contributed by atoms with Gasteiger partial charge in [-0.15, -0.1) is 0 Å². The Kier molecular flexibility index (Phi) is 4.21. The van der Waals surface area contributed by atoms with Crippen molar-refractivity contribution in [2.45, 2.75) is 39.9 Å². The van der Waals surface area contributed by atoms with Crippen LogP contribution in [0.25, 0.3) is 0 Å². The van der Waals surface area contributed by atoms with Crippen molar-refractivity contribution in [3.63, 3.8) is 0 Å². The smallest absolute Gasteiger partial charge is 0.148 e. The van der Waals surface area contributed by atoms with Gasteiger partial charge in [0.25, 0.3) is 0 Å². The summed E-state index contributed by atoms with van der Waals surface area (Å²) < 4.78 is 3.68. The number of aromatic nitrogens is 4. The largest absolute Gasteiger partial charge is 0.394 e. The van der Waals surface area contributed by atoms with Crippen molar-refractivity contribution in [1.82, 2.24) is 19.6 Å². The number of aliphatic hydroxyl groups is 1. The van der Waals surface area contributed by atoms with E-state index in [0.717, 1.165) is 11.5 Å². The number of nitrogens with zero attached hydrogens (tertiary/aromatic N) is 4. The summed E-state index contributed by atoms with van der Waals surface area (Å²) in [5, 5.41) is 20.9. The Morgan fingerprint density at radius 1 is 1.37 bits per heavy atom. The van der Waals surface area contributed by atoms with Gasteiger partial charge in [-0.25, -0.2) is 0 Å². The van der Waals surface area contributed by atoms with E-state index in [0.29, 0.717) is 19.1 Å². The minimum absolute atomic E-state index is 0.0986. The van der Waals surface area contributed by atoms with E-state index in [4.69, 9.17) is 5.11 Å². The zero-order chi connectivity index (χ0) is 13.8. The van der Waals surface area contributed by atoms with E-state index in [2.05, 4.69) is 35.6 Å². The molecule has 2 aromatic rings. The number of rotatable bonds is 6. The molecule has 2 heterocycles. The summed E-state index contributed by atoms with van der Waals surface area (Å²) >= 11 is 0. The second kappa shape index (κ2) is 5.88. The van der Waals surface area contributed by atoms with Crippen molar-refractivity contribution < 1.29 is 5.11 Å². The van der Waals surface area contributed by atoms with Crippen molar-refractivity contribution >= 4 is 5.82 Å². The first-order valence-corrected chi connectivity index (χ1v) is 6.53. The monoisotopic (exact) mass is 263 g/mol. The van der Waals surface area contributed by atoms with E-state index in [1.54, 1.807) is 4.68 Å². The van der Waals surface area contributed by atoms with E-state index in [9.17, 15) is 0 Å². The van der Waals surface area contributed by atoms with Gasteiger partial charge in [0.15, 0.2) is 0 Å². The Balaban J connectivity index is 1.97. The Hall–Kier alpha value is -1.82. The highest BCUT2D eigenvalue weighted by Gasteiger charge is 2.07. The van der Waals surface area contributed by atoms with Gasteiger partial charge in [0.05, 0.1) is 18.8 Å². The van der Waals surface area contributed by atoms with Crippen LogP contribution in [0.5, 0.6) is 0 Å². The van der Waals surface area contributed by atoms with Gasteiger partial charge in [0.2, 0.25) is 0 Å². The third-order valence-corrected chi connectivity index (χ3v) is 2.98. The van der Waals surface area contributed by atoms with Crippen molar-refractivity contribution in [3.8, 4) is 0 Å². The zero-order valence-corrected chi connectivity index (χ0v) is 11.7. The maximum atomic E-state index is 8.84. The second-order valence-corrected chi connectivity index (χ2v) is 4.85. The molecule has 2 rings (SSSR count). The van der Waals surface area contributed by atoms with Gasteiger partial charge in [-0.2, -0.15) is 10.2 Å². The quantitative estimate of drug-likeness (QED) is 0.830. The van der Waals surface area contributed by atoms with Crippen LogP contribution in [-0.4, -0.2) is 31.3 Å². The molecule has 0 aliphatic carbocycles. The molecule has 0 aromatic carbocycles. The molecule has 0 radical (unpaired) electrons. The van der Waals surface area contributed by atoms with Gasteiger partial charge < -0.3 is 10.4 Å². The molecule has 19 heavy (non-hydrogen) atoms. The predicted octanol–water partition coefficient (Wildman–Crippen LogP) is 1.57. The molecule has 2 N–H and O–H groups in total. The molecule has 104 valence electrons. The molecular weight excluding hydrogens is 242 g/mol. The van der Waals surface area contributed by atoms with Crippen molar-refractivity contribution in [2.24, 2.45) is 0 Å². The minimum atomic E-state index is 0.0986. The van der Waals surface area contributed by atoms with Gasteiger partial charge in [-0.05, 0) is 20.8 Å². The highest BCUT2D eigenvalue weighted by atomic mass is 16.3. The molecular formula is C13H21N5O.